The molecule has 0 spiro atoms. The van der Waals surface area contributed by atoms with Gasteiger partial charge in [0.15, 0.2) is 0 Å². The molecule has 0 rings (SSSR count). The first-order valence-corrected chi connectivity index (χ1v) is 3.55. The smallest absolute Gasteiger partial charge is 0.322 e. The van der Waals surface area contributed by atoms with Crippen LogP contribution in [0.2, 0.25) is 0 Å². The number of carboxylic acid groups (broad SMARTS) is 1. The van der Waals surface area contributed by atoms with Crippen molar-refractivity contribution in [1.82, 2.24) is 5.32 Å². The predicted octanol–water partition coefficient (Wildman–Crippen LogP) is -0.389. The van der Waals surface area contributed by atoms with E-state index in [4.69, 9.17) is 5.11 Å². The Morgan fingerprint density at radius 2 is 1.83 bits per heavy atom. The molecule has 2 atom stereocenters. The molecule has 0 aromatic heterocycles. The molecule has 5 heteroatoms. The SMILES string of the molecule is COC(=O)C(C)N[C@@H](C)C(=O)O. The van der Waals surface area contributed by atoms with Crippen molar-refractivity contribution in [3.63, 3.8) is 0 Å². The van der Waals surface area contributed by atoms with Crippen LogP contribution in [-0.4, -0.2) is 36.2 Å². The first kappa shape index (κ1) is 10.9. The Kier molecular flexibility index (Phi) is 4.28. The van der Waals surface area contributed by atoms with E-state index in [0.29, 0.717) is 0 Å². The number of hydrogen-bond donors (Lipinski definition) is 2. The zero-order chi connectivity index (χ0) is 9.72. The van der Waals surface area contributed by atoms with Gasteiger partial charge in [-0.1, -0.05) is 0 Å². The van der Waals surface area contributed by atoms with E-state index in [0.717, 1.165) is 0 Å². The maximum Gasteiger partial charge on any atom is 0.322 e. The van der Waals surface area contributed by atoms with E-state index < -0.39 is 24.0 Å². The number of esters is 1. The Labute approximate surface area is 70.7 Å². The minimum Gasteiger partial charge on any atom is -0.480 e. The van der Waals surface area contributed by atoms with Crippen molar-refractivity contribution < 1.29 is 19.4 Å². The number of rotatable bonds is 4. The number of carboxylic acids is 1. The van der Waals surface area contributed by atoms with Crippen LogP contribution >= 0.6 is 0 Å². The van der Waals surface area contributed by atoms with E-state index in [2.05, 4.69) is 10.1 Å². The summed E-state index contributed by atoms with van der Waals surface area (Å²) < 4.78 is 4.40. The first-order valence-electron chi connectivity index (χ1n) is 3.55. The van der Waals surface area contributed by atoms with Gasteiger partial charge in [-0.15, -0.1) is 0 Å². The van der Waals surface area contributed by atoms with E-state index in [1.807, 2.05) is 0 Å². The van der Waals surface area contributed by atoms with Crippen LogP contribution in [-0.2, 0) is 14.3 Å². The van der Waals surface area contributed by atoms with Gasteiger partial charge in [-0.2, -0.15) is 0 Å². The number of methoxy groups -OCH3 is 1. The van der Waals surface area contributed by atoms with Crippen LogP contribution < -0.4 is 5.32 Å². The molecule has 0 bridgehead atoms. The van der Waals surface area contributed by atoms with Gasteiger partial charge in [0.25, 0.3) is 0 Å². The summed E-state index contributed by atoms with van der Waals surface area (Å²) in [6.07, 6.45) is 0. The third kappa shape index (κ3) is 3.34. The van der Waals surface area contributed by atoms with Crippen LogP contribution in [0.4, 0.5) is 0 Å². The molecule has 0 aliphatic carbocycles. The van der Waals surface area contributed by atoms with Crippen molar-refractivity contribution in [3.8, 4) is 0 Å². The van der Waals surface area contributed by atoms with Crippen LogP contribution in [0.1, 0.15) is 13.8 Å². The fourth-order valence-corrected chi connectivity index (χ4v) is 0.691. The number of hydrogen-bond acceptors (Lipinski definition) is 4. The maximum absolute atomic E-state index is 10.8. The number of carbonyl (C=O) groups excluding carboxylic acids is 1. The quantitative estimate of drug-likeness (QED) is 0.569. The van der Waals surface area contributed by atoms with Gasteiger partial charge < -0.3 is 9.84 Å². The van der Waals surface area contributed by atoms with Crippen molar-refractivity contribution in [2.24, 2.45) is 0 Å². The van der Waals surface area contributed by atoms with E-state index in [1.165, 1.54) is 14.0 Å². The van der Waals surface area contributed by atoms with Crippen molar-refractivity contribution in [2.75, 3.05) is 7.11 Å². The molecule has 0 fully saturated rings. The zero-order valence-electron chi connectivity index (χ0n) is 7.33. The molecule has 0 radical (unpaired) electrons. The lowest BCUT2D eigenvalue weighted by molar-refractivity contribution is -0.144. The third-order valence-electron chi connectivity index (χ3n) is 1.43. The highest BCUT2D eigenvalue weighted by molar-refractivity contribution is 5.77. The maximum atomic E-state index is 10.8. The Balaban J connectivity index is 3.91. The van der Waals surface area contributed by atoms with Crippen molar-refractivity contribution >= 4 is 11.9 Å². The van der Waals surface area contributed by atoms with E-state index >= 15 is 0 Å². The van der Waals surface area contributed by atoms with Crippen molar-refractivity contribution in [2.45, 2.75) is 25.9 Å². The Hall–Kier alpha value is -1.10. The molecule has 0 amide bonds. The lowest BCUT2D eigenvalue weighted by atomic mass is 10.2. The second-order valence-electron chi connectivity index (χ2n) is 2.47. The summed E-state index contributed by atoms with van der Waals surface area (Å²) in [7, 11) is 1.26. The molecular weight excluding hydrogens is 162 g/mol. The number of ether oxygens (including phenoxy) is 1. The normalized spacial score (nSPS) is 14.9. The summed E-state index contributed by atoms with van der Waals surface area (Å²) >= 11 is 0. The topological polar surface area (TPSA) is 75.6 Å². The summed E-state index contributed by atoms with van der Waals surface area (Å²) in [5, 5.41) is 11.0. The molecule has 0 saturated carbocycles. The average Bonchev–Trinajstić information content (AvgIpc) is 2.02. The molecule has 1 unspecified atom stereocenters. The molecule has 0 aliphatic rings. The highest BCUT2D eigenvalue weighted by Gasteiger charge is 2.18. The minimum atomic E-state index is -0.995. The van der Waals surface area contributed by atoms with Gasteiger partial charge in [0, 0.05) is 0 Å². The van der Waals surface area contributed by atoms with Gasteiger partial charge >= 0.3 is 11.9 Å². The van der Waals surface area contributed by atoms with Crippen LogP contribution in [0.15, 0.2) is 0 Å². The molecule has 0 aliphatic heterocycles. The van der Waals surface area contributed by atoms with Gasteiger partial charge in [-0.3, -0.25) is 14.9 Å². The molecule has 5 nitrogen and oxygen atoms in total. The predicted molar refractivity (Wildman–Crippen MR) is 41.7 cm³/mol. The monoisotopic (exact) mass is 175 g/mol. The highest BCUT2D eigenvalue weighted by atomic mass is 16.5. The number of aliphatic carboxylic acids is 1. The van der Waals surface area contributed by atoms with Crippen LogP contribution in [0.5, 0.6) is 0 Å². The minimum absolute atomic E-state index is 0.469. The van der Waals surface area contributed by atoms with Crippen LogP contribution in [0.3, 0.4) is 0 Å². The Morgan fingerprint density at radius 3 is 2.17 bits per heavy atom. The lowest BCUT2D eigenvalue weighted by Crippen LogP contribution is -2.44. The van der Waals surface area contributed by atoms with E-state index in [-0.39, 0.29) is 0 Å². The first-order chi connectivity index (χ1) is 5.49. The van der Waals surface area contributed by atoms with Gasteiger partial charge in [0.2, 0.25) is 0 Å². The molecule has 0 saturated heterocycles. The van der Waals surface area contributed by atoms with E-state index in [9.17, 15) is 9.59 Å². The van der Waals surface area contributed by atoms with Crippen LogP contribution in [0.25, 0.3) is 0 Å². The summed E-state index contributed by atoms with van der Waals surface area (Å²) in [6, 6.07) is -1.35. The lowest BCUT2D eigenvalue weighted by Gasteiger charge is -2.14. The molecule has 12 heavy (non-hydrogen) atoms. The summed E-state index contributed by atoms with van der Waals surface area (Å²) in [5.74, 6) is -1.46. The van der Waals surface area contributed by atoms with E-state index in [1.54, 1.807) is 6.92 Å². The molecular formula is C7H13NO4. The number of nitrogens with one attached hydrogen (secondary N) is 1. The van der Waals surface area contributed by atoms with Gasteiger partial charge in [-0.25, -0.2) is 0 Å². The molecule has 0 aromatic rings. The summed E-state index contributed by atoms with van der Waals surface area (Å²) in [5.41, 5.74) is 0. The van der Waals surface area contributed by atoms with Crippen LogP contribution in [0, 0.1) is 0 Å². The van der Waals surface area contributed by atoms with Crippen molar-refractivity contribution in [1.29, 1.82) is 0 Å². The second kappa shape index (κ2) is 4.71. The second-order valence-corrected chi connectivity index (χ2v) is 2.47. The molecule has 70 valence electrons. The molecule has 2 N–H and O–H groups in total. The molecule has 0 aromatic carbocycles. The highest BCUT2D eigenvalue weighted by Crippen LogP contribution is 1.89. The van der Waals surface area contributed by atoms with Gasteiger partial charge in [-0.05, 0) is 13.8 Å². The summed E-state index contributed by atoms with van der Waals surface area (Å²) in [4.78, 5) is 21.1. The Bertz CT molecular complexity index is 180. The fraction of sp³-hybridized carbons (Fsp3) is 0.714. The zero-order valence-corrected chi connectivity index (χ0v) is 7.33. The van der Waals surface area contributed by atoms with Crippen molar-refractivity contribution in [3.05, 3.63) is 0 Å². The average molecular weight is 175 g/mol. The summed E-state index contributed by atoms with van der Waals surface area (Å²) in [6.45, 7) is 3.01. The van der Waals surface area contributed by atoms with Gasteiger partial charge in [0.05, 0.1) is 7.11 Å². The number of carbonyl (C=O) groups is 2. The standard InChI is InChI=1S/C7H13NO4/c1-4(6(9)10)8-5(2)7(11)12-3/h4-5,8H,1-3H3,(H,9,10)/t4-,5?/m0/s1. The molecule has 0 heterocycles. The third-order valence-corrected chi connectivity index (χ3v) is 1.43. The Morgan fingerprint density at radius 1 is 1.33 bits per heavy atom. The van der Waals surface area contributed by atoms with Gasteiger partial charge in [0.1, 0.15) is 12.1 Å². The largest absolute Gasteiger partial charge is 0.480 e. The fourth-order valence-electron chi connectivity index (χ4n) is 0.691.